The number of hydrogen-bond acceptors (Lipinski definition) is 2. The number of fused-ring (bicyclic) bond motifs is 5. The number of anilines is 1. The van der Waals surface area contributed by atoms with Gasteiger partial charge in [-0.2, -0.15) is 0 Å². The molecule has 2 aliphatic carbocycles. The third-order valence-electron chi connectivity index (χ3n) is 4.95. The molecule has 0 spiro atoms. The van der Waals surface area contributed by atoms with Gasteiger partial charge in [0.25, 0.3) is 0 Å². The number of nitrogens with zero attached hydrogens (tertiary/aromatic N) is 1. The second-order valence-corrected chi connectivity index (χ2v) is 7.64. The normalized spacial score (nSPS) is 23.3. The fraction of sp³-hybridized carbons (Fsp3) is 0.389. The number of halogens is 2. The molecule has 1 aromatic carbocycles. The van der Waals surface area contributed by atoms with Crippen molar-refractivity contribution in [2.24, 2.45) is 5.92 Å². The van der Waals surface area contributed by atoms with Crippen LogP contribution >= 0.6 is 27.5 Å². The molecule has 4 heteroatoms. The highest BCUT2D eigenvalue weighted by molar-refractivity contribution is 9.09. The molecule has 4 rings (SSSR count). The lowest BCUT2D eigenvalue weighted by Crippen LogP contribution is -2.24. The maximum Gasteiger partial charge on any atom is 0.0741 e. The Balaban J connectivity index is 1.85. The van der Waals surface area contributed by atoms with Crippen molar-refractivity contribution < 1.29 is 0 Å². The van der Waals surface area contributed by atoms with Gasteiger partial charge in [-0.05, 0) is 55.7 Å². The van der Waals surface area contributed by atoms with Gasteiger partial charge in [0.1, 0.15) is 0 Å². The molecule has 0 radical (unpaired) electrons. The minimum Gasteiger partial charge on any atom is -0.398 e. The number of alkyl halides is 1. The van der Waals surface area contributed by atoms with Crippen molar-refractivity contribution in [3.63, 3.8) is 0 Å². The minimum atomic E-state index is 0.528. The molecular formula is C18H18BrClN2. The third kappa shape index (κ3) is 2.35. The predicted molar refractivity (Wildman–Crippen MR) is 96.8 cm³/mol. The second-order valence-electron chi connectivity index (χ2n) is 6.41. The topological polar surface area (TPSA) is 38.9 Å². The smallest absolute Gasteiger partial charge is 0.0741 e. The summed E-state index contributed by atoms with van der Waals surface area (Å²) in [4.78, 5) is 4.89. The van der Waals surface area contributed by atoms with Gasteiger partial charge in [0.15, 0.2) is 0 Å². The van der Waals surface area contributed by atoms with Gasteiger partial charge >= 0.3 is 0 Å². The van der Waals surface area contributed by atoms with E-state index in [4.69, 9.17) is 22.3 Å². The fourth-order valence-corrected chi connectivity index (χ4v) is 4.77. The average Bonchev–Trinajstić information content (AvgIpc) is 2.46. The first kappa shape index (κ1) is 14.5. The predicted octanol–water partition coefficient (Wildman–Crippen LogP) is 5.23. The lowest BCUT2D eigenvalue weighted by Gasteiger charge is -2.36. The van der Waals surface area contributed by atoms with Crippen LogP contribution in [0.25, 0.3) is 10.9 Å². The van der Waals surface area contributed by atoms with E-state index in [1.165, 1.54) is 17.7 Å². The number of aromatic nitrogens is 1. The summed E-state index contributed by atoms with van der Waals surface area (Å²) in [5.41, 5.74) is 12.4. The molecule has 22 heavy (non-hydrogen) atoms. The van der Waals surface area contributed by atoms with Crippen LogP contribution in [-0.4, -0.2) is 10.3 Å². The summed E-state index contributed by atoms with van der Waals surface area (Å²) in [6.07, 6.45) is 6.95. The van der Waals surface area contributed by atoms with Crippen LogP contribution in [0.4, 0.5) is 5.69 Å². The third-order valence-corrected chi connectivity index (χ3v) is 5.58. The van der Waals surface area contributed by atoms with Gasteiger partial charge in [-0.25, -0.2) is 0 Å². The molecule has 0 fully saturated rings. The highest BCUT2D eigenvalue weighted by atomic mass is 79.9. The standard InChI is InChI=1S/C18H18BrClN2/c19-4-3-10-5-11-7-12(6-10)17-16(8-11)22-15-9-13(20)1-2-14(15)18(17)21/h1-2,5,9,11-12H,3-4,6-8H2,(H2,21,22). The second kappa shape index (κ2) is 5.54. The minimum absolute atomic E-state index is 0.528. The quantitative estimate of drug-likeness (QED) is 0.575. The molecule has 0 saturated heterocycles. The van der Waals surface area contributed by atoms with Gasteiger partial charge in [0.05, 0.1) is 5.52 Å². The number of rotatable bonds is 2. The summed E-state index contributed by atoms with van der Waals surface area (Å²) in [6, 6.07) is 5.82. The summed E-state index contributed by atoms with van der Waals surface area (Å²) < 4.78 is 0. The summed E-state index contributed by atoms with van der Waals surface area (Å²) in [5, 5.41) is 2.79. The molecule has 0 amide bonds. The van der Waals surface area contributed by atoms with Gasteiger partial charge in [-0.1, -0.05) is 39.2 Å². The van der Waals surface area contributed by atoms with Gasteiger partial charge in [0, 0.05) is 32.7 Å². The van der Waals surface area contributed by atoms with Crippen LogP contribution in [-0.2, 0) is 6.42 Å². The first-order valence-corrected chi connectivity index (χ1v) is 9.28. The molecule has 2 aliphatic rings. The lowest BCUT2D eigenvalue weighted by molar-refractivity contribution is 0.429. The zero-order chi connectivity index (χ0) is 15.3. The molecule has 0 saturated carbocycles. The van der Waals surface area contributed by atoms with Crippen molar-refractivity contribution in [1.29, 1.82) is 0 Å². The lowest BCUT2D eigenvalue weighted by atomic mass is 9.70. The van der Waals surface area contributed by atoms with Crippen LogP contribution in [0.3, 0.4) is 0 Å². The highest BCUT2D eigenvalue weighted by Gasteiger charge is 2.33. The molecule has 2 atom stereocenters. The van der Waals surface area contributed by atoms with Crippen LogP contribution in [0.1, 0.15) is 36.4 Å². The van der Waals surface area contributed by atoms with E-state index in [9.17, 15) is 0 Å². The van der Waals surface area contributed by atoms with Crippen LogP contribution in [0.2, 0.25) is 5.02 Å². The van der Waals surface area contributed by atoms with Crippen molar-refractivity contribution in [3.8, 4) is 0 Å². The Kier molecular flexibility index (Phi) is 3.66. The van der Waals surface area contributed by atoms with Crippen LogP contribution in [0.15, 0.2) is 29.8 Å². The van der Waals surface area contributed by atoms with E-state index in [1.54, 1.807) is 5.57 Å². The highest BCUT2D eigenvalue weighted by Crippen LogP contribution is 2.47. The molecule has 1 heterocycles. The van der Waals surface area contributed by atoms with Crippen molar-refractivity contribution in [3.05, 3.63) is 46.1 Å². The van der Waals surface area contributed by atoms with Gasteiger partial charge < -0.3 is 5.73 Å². The van der Waals surface area contributed by atoms with E-state index in [1.807, 2.05) is 18.2 Å². The van der Waals surface area contributed by atoms with E-state index in [-0.39, 0.29) is 0 Å². The molecular weight excluding hydrogens is 360 g/mol. The maximum atomic E-state index is 6.53. The van der Waals surface area contributed by atoms with Crippen LogP contribution in [0, 0.1) is 5.92 Å². The van der Waals surface area contributed by atoms with Crippen LogP contribution < -0.4 is 5.73 Å². The van der Waals surface area contributed by atoms with E-state index in [0.717, 1.165) is 46.2 Å². The number of hydrogen-bond donors (Lipinski definition) is 1. The molecule has 2 unspecified atom stereocenters. The molecule has 2 N–H and O–H groups in total. The Morgan fingerprint density at radius 2 is 2.18 bits per heavy atom. The van der Waals surface area contributed by atoms with Crippen LogP contribution in [0.5, 0.6) is 0 Å². The van der Waals surface area contributed by atoms with Gasteiger partial charge in [-0.3, -0.25) is 4.98 Å². The fourth-order valence-electron chi connectivity index (χ4n) is 4.09. The van der Waals surface area contributed by atoms with E-state index < -0.39 is 0 Å². The number of benzene rings is 1. The summed E-state index contributed by atoms with van der Waals surface area (Å²) in [6.45, 7) is 0. The monoisotopic (exact) mass is 376 g/mol. The SMILES string of the molecule is Nc1c2c(nc3cc(Cl)ccc13)CC1C=C(CCBr)CC2C1. The number of pyridine rings is 1. The van der Waals surface area contributed by atoms with Crippen molar-refractivity contribution in [1.82, 2.24) is 4.98 Å². The Morgan fingerprint density at radius 1 is 1.32 bits per heavy atom. The van der Waals surface area contributed by atoms with Gasteiger partial charge in [-0.15, -0.1) is 0 Å². The summed E-state index contributed by atoms with van der Waals surface area (Å²) in [7, 11) is 0. The first-order valence-electron chi connectivity index (χ1n) is 7.78. The molecule has 2 bridgehead atoms. The number of allylic oxidation sites excluding steroid dienone is 2. The molecule has 2 nitrogen and oxygen atoms in total. The van der Waals surface area contributed by atoms with E-state index in [2.05, 4.69) is 22.0 Å². The zero-order valence-electron chi connectivity index (χ0n) is 12.3. The largest absolute Gasteiger partial charge is 0.398 e. The summed E-state index contributed by atoms with van der Waals surface area (Å²) >= 11 is 9.67. The van der Waals surface area contributed by atoms with E-state index >= 15 is 0 Å². The van der Waals surface area contributed by atoms with Gasteiger partial charge in [0.2, 0.25) is 0 Å². The van der Waals surface area contributed by atoms with Crippen molar-refractivity contribution in [2.45, 2.75) is 31.6 Å². The number of nitrogens with two attached hydrogens (primary N) is 1. The summed E-state index contributed by atoms with van der Waals surface area (Å²) in [5.74, 6) is 1.14. The molecule has 114 valence electrons. The maximum absolute atomic E-state index is 6.53. The molecule has 0 aliphatic heterocycles. The van der Waals surface area contributed by atoms with Crippen molar-refractivity contribution in [2.75, 3.05) is 11.1 Å². The Morgan fingerprint density at radius 3 is 3.00 bits per heavy atom. The molecule has 2 aromatic rings. The Hall–Kier alpha value is -1.06. The molecule has 1 aromatic heterocycles. The average molecular weight is 378 g/mol. The zero-order valence-corrected chi connectivity index (χ0v) is 14.6. The van der Waals surface area contributed by atoms with E-state index in [0.29, 0.717) is 11.8 Å². The number of nitrogen functional groups attached to an aromatic ring is 1. The van der Waals surface area contributed by atoms with Crippen molar-refractivity contribution >= 4 is 44.1 Å². The Bertz CT molecular complexity index is 784. The Labute approximate surface area is 143 Å². The first-order chi connectivity index (χ1) is 10.7.